The van der Waals surface area contributed by atoms with Gasteiger partial charge < -0.3 is 15.3 Å². The van der Waals surface area contributed by atoms with Gasteiger partial charge in [-0.2, -0.15) is 24.9 Å². The van der Waals surface area contributed by atoms with E-state index in [4.69, 9.17) is 5.11 Å². The van der Waals surface area contributed by atoms with Gasteiger partial charge in [-0.25, -0.2) is 4.79 Å². The standard InChI is InChI=1S/C16H19F3N2O3S/c1-2-25-9-10-3-5-11(6-4-10)20-15(24)21-7-12(14(22)23)13(8-21)16(17,18)19/h3-6,12-13H,2,7-9H2,1H3,(H,20,24)(H,22,23)/t12-,13-/m1/s1. The van der Waals surface area contributed by atoms with E-state index in [9.17, 15) is 22.8 Å². The topological polar surface area (TPSA) is 69.6 Å². The highest BCUT2D eigenvalue weighted by molar-refractivity contribution is 7.98. The second-order valence-electron chi connectivity index (χ2n) is 5.76. The van der Waals surface area contributed by atoms with Gasteiger partial charge >= 0.3 is 18.2 Å². The molecule has 1 aliphatic rings. The number of thioether (sulfide) groups is 1. The largest absolute Gasteiger partial charge is 0.481 e. The lowest BCUT2D eigenvalue weighted by Crippen LogP contribution is -2.35. The maximum atomic E-state index is 13.0. The van der Waals surface area contributed by atoms with E-state index in [1.54, 1.807) is 23.9 Å². The van der Waals surface area contributed by atoms with E-state index in [1.807, 2.05) is 19.1 Å². The van der Waals surface area contributed by atoms with E-state index >= 15 is 0 Å². The number of hydrogen-bond acceptors (Lipinski definition) is 3. The van der Waals surface area contributed by atoms with Crippen molar-refractivity contribution in [3.8, 4) is 0 Å². The molecule has 1 fully saturated rings. The molecule has 1 aromatic carbocycles. The van der Waals surface area contributed by atoms with Gasteiger partial charge in [-0.15, -0.1) is 0 Å². The lowest BCUT2D eigenvalue weighted by Gasteiger charge is -2.18. The van der Waals surface area contributed by atoms with Gasteiger partial charge in [0, 0.05) is 24.5 Å². The quantitative estimate of drug-likeness (QED) is 0.823. The number of hydrogen-bond donors (Lipinski definition) is 2. The summed E-state index contributed by atoms with van der Waals surface area (Å²) in [4.78, 5) is 24.1. The van der Waals surface area contributed by atoms with E-state index in [0.717, 1.165) is 22.0 Å². The number of carbonyl (C=O) groups is 2. The van der Waals surface area contributed by atoms with E-state index in [1.165, 1.54) is 0 Å². The number of benzene rings is 1. The molecule has 0 bridgehead atoms. The van der Waals surface area contributed by atoms with Crippen molar-refractivity contribution in [2.75, 3.05) is 24.2 Å². The Kier molecular flexibility index (Phi) is 6.21. The Bertz CT molecular complexity index is 622. The Balaban J connectivity index is 2.00. The highest BCUT2D eigenvalue weighted by atomic mass is 32.2. The number of likely N-dealkylation sites (tertiary alicyclic amines) is 1. The maximum Gasteiger partial charge on any atom is 0.394 e. The first-order valence-electron chi connectivity index (χ1n) is 7.74. The van der Waals surface area contributed by atoms with Crippen LogP contribution in [0.4, 0.5) is 23.7 Å². The van der Waals surface area contributed by atoms with Crippen molar-refractivity contribution in [3.05, 3.63) is 29.8 Å². The zero-order valence-electron chi connectivity index (χ0n) is 13.5. The van der Waals surface area contributed by atoms with Crippen molar-refractivity contribution in [3.63, 3.8) is 0 Å². The van der Waals surface area contributed by atoms with Crippen molar-refractivity contribution in [1.82, 2.24) is 4.90 Å². The first-order chi connectivity index (χ1) is 11.7. The van der Waals surface area contributed by atoms with Crippen molar-refractivity contribution < 1.29 is 27.9 Å². The molecule has 5 nitrogen and oxygen atoms in total. The van der Waals surface area contributed by atoms with Gasteiger partial charge in [0.05, 0.1) is 11.8 Å². The zero-order valence-corrected chi connectivity index (χ0v) is 14.4. The van der Waals surface area contributed by atoms with Crippen LogP contribution in [0, 0.1) is 11.8 Å². The molecule has 9 heteroatoms. The van der Waals surface area contributed by atoms with Gasteiger partial charge in [0.25, 0.3) is 0 Å². The smallest absolute Gasteiger partial charge is 0.394 e. The number of halogens is 3. The van der Waals surface area contributed by atoms with Crippen LogP contribution in [0.15, 0.2) is 24.3 Å². The molecule has 0 aromatic heterocycles. The number of amides is 2. The zero-order chi connectivity index (χ0) is 18.6. The minimum absolute atomic E-state index is 0.456. The molecule has 2 amide bonds. The van der Waals surface area contributed by atoms with E-state index < -0.39 is 43.1 Å². The van der Waals surface area contributed by atoms with Gasteiger partial charge in [-0.3, -0.25) is 4.79 Å². The summed E-state index contributed by atoms with van der Waals surface area (Å²) in [6, 6.07) is 6.29. The molecule has 25 heavy (non-hydrogen) atoms. The first-order valence-corrected chi connectivity index (χ1v) is 8.90. The lowest BCUT2D eigenvalue weighted by molar-refractivity contribution is -0.187. The number of alkyl halides is 3. The monoisotopic (exact) mass is 376 g/mol. The fourth-order valence-corrected chi connectivity index (χ4v) is 3.29. The molecule has 0 unspecified atom stereocenters. The Labute approximate surface area is 147 Å². The van der Waals surface area contributed by atoms with Crippen LogP contribution in [0.25, 0.3) is 0 Å². The van der Waals surface area contributed by atoms with Gasteiger partial charge in [0.1, 0.15) is 0 Å². The van der Waals surface area contributed by atoms with Gasteiger partial charge in [0.15, 0.2) is 0 Å². The highest BCUT2D eigenvalue weighted by Crippen LogP contribution is 2.37. The molecule has 2 N–H and O–H groups in total. The molecule has 138 valence electrons. The average molecular weight is 376 g/mol. The predicted molar refractivity (Wildman–Crippen MR) is 89.5 cm³/mol. The highest BCUT2D eigenvalue weighted by Gasteiger charge is 2.53. The van der Waals surface area contributed by atoms with E-state index in [-0.39, 0.29) is 0 Å². The summed E-state index contributed by atoms with van der Waals surface area (Å²) in [7, 11) is 0. The van der Waals surface area contributed by atoms with Crippen molar-refractivity contribution in [1.29, 1.82) is 0 Å². The fourth-order valence-electron chi connectivity index (χ4n) is 2.66. The van der Waals surface area contributed by atoms with Crippen LogP contribution in [0.1, 0.15) is 12.5 Å². The molecule has 1 heterocycles. The Morgan fingerprint density at radius 1 is 1.28 bits per heavy atom. The predicted octanol–water partition coefficient (Wildman–Crippen LogP) is 3.67. The summed E-state index contributed by atoms with van der Waals surface area (Å²) in [6.45, 7) is 0.933. The van der Waals surface area contributed by atoms with Crippen LogP contribution < -0.4 is 5.32 Å². The third-order valence-corrected chi connectivity index (χ3v) is 4.97. The second kappa shape index (κ2) is 7.99. The van der Waals surface area contributed by atoms with Crippen molar-refractivity contribution >= 4 is 29.4 Å². The van der Waals surface area contributed by atoms with Gasteiger partial charge in [-0.1, -0.05) is 19.1 Å². The summed E-state index contributed by atoms with van der Waals surface area (Å²) in [5, 5.41) is 11.5. The van der Waals surface area contributed by atoms with Crippen LogP contribution >= 0.6 is 11.8 Å². The summed E-state index contributed by atoms with van der Waals surface area (Å²) < 4.78 is 38.9. The van der Waals surface area contributed by atoms with Crippen LogP contribution in [-0.2, 0) is 10.5 Å². The number of carbonyl (C=O) groups excluding carboxylic acids is 1. The number of urea groups is 1. The Morgan fingerprint density at radius 3 is 2.40 bits per heavy atom. The number of rotatable bonds is 5. The molecule has 1 saturated heterocycles. The maximum absolute atomic E-state index is 13.0. The summed E-state index contributed by atoms with van der Waals surface area (Å²) in [6.07, 6.45) is -4.66. The molecule has 0 spiro atoms. The first kappa shape index (κ1) is 19.4. The Hall–Kier alpha value is -1.90. The van der Waals surface area contributed by atoms with Crippen molar-refractivity contribution in [2.24, 2.45) is 11.8 Å². The summed E-state index contributed by atoms with van der Waals surface area (Å²) in [5.74, 6) is -3.41. The third-order valence-electron chi connectivity index (χ3n) is 4.02. The van der Waals surface area contributed by atoms with E-state index in [0.29, 0.717) is 5.69 Å². The number of aliphatic carboxylic acids is 1. The molecule has 2 atom stereocenters. The van der Waals surface area contributed by atoms with Gasteiger partial charge in [0.2, 0.25) is 0 Å². The number of nitrogens with zero attached hydrogens (tertiary/aromatic N) is 1. The van der Waals surface area contributed by atoms with Crippen LogP contribution in [0.5, 0.6) is 0 Å². The minimum atomic E-state index is -4.66. The molecule has 0 aliphatic carbocycles. The average Bonchev–Trinajstić information content (AvgIpc) is 3.00. The summed E-state index contributed by atoms with van der Waals surface area (Å²) >= 11 is 1.75. The SMILES string of the molecule is CCSCc1ccc(NC(=O)N2C[C@@H](C(F)(F)F)[C@H](C(=O)O)C2)cc1. The van der Waals surface area contributed by atoms with Crippen LogP contribution in [-0.4, -0.2) is 47.0 Å². The van der Waals surface area contributed by atoms with Crippen molar-refractivity contribution in [2.45, 2.75) is 18.9 Å². The molecule has 0 radical (unpaired) electrons. The normalized spacial score (nSPS) is 20.6. The molecule has 2 rings (SSSR count). The molecular weight excluding hydrogens is 357 g/mol. The summed E-state index contributed by atoms with van der Waals surface area (Å²) in [5.41, 5.74) is 1.53. The molecule has 1 aromatic rings. The van der Waals surface area contributed by atoms with Gasteiger partial charge in [-0.05, 0) is 23.4 Å². The number of nitrogens with one attached hydrogen (secondary N) is 1. The molecule has 1 aliphatic heterocycles. The third kappa shape index (κ3) is 5.04. The Morgan fingerprint density at radius 2 is 1.92 bits per heavy atom. The number of carboxylic acids is 1. The fraction of sp³-hybridized carbons (Fsp3) is 0.500. The minimum Gasteiger partial charge on any atom is -0.481 e. The van der Waals surface area contributed by atoms with Crippen LogP contribution in [0.3, 0.4) is 0 Å². The van der Waals surface area contributed by atoms with Crippen LogP contribution in [0.2, 0.25) is 0 Å². The van der Waals surface area contributed by atoms with E-state index in [2.05, 4.69) is 5.32 Å². The molecule has 0 saturated carbocycles. The number of anilines is 1. The molecular formula is C16H19F3N2O3S. The lowest BCUT2D eigenvalue weighted by atomic mass is 9.96. The second-order valence-corrected chi connectivity index (χ2v) is 7.04. The number of carboxylic acid groups (broad SMARTS) is 1.